The highest BCUT2D eigenvalue weighted by Crippen LogP contribution is 2.35. The molecule has 1 saturated carbocycles. The third-order valence-corrected chi connectivity index (χ3v) is 5.22. The maximum atomic E-state index is 3.93. The third-order valence-electron chi connectivity index (χ3n) is 5.22. The summed E-state index contributed by atoms with van der Waals surface area (Å²) in [4.78, 5) is 2.65. The summed E-state index contributed by atoms with van der Waals surface area (Å²) >= 11 is 0. The van der Waals surface area contributed by atoms with Crippen LogP contribution in [0.4, 0.5) is 0 Å². The first-order valence-electron chi connectivity index (χ1n) is 7.21. The van der Waals surface area contributed by atoms with Crippen molar-refractivity contribution < 1.29 is 0 Å². The van der Waals surface area contributed by atoms with Gasteiger partial charge in [0.25, 0.3) is 0 Å². The van der Waals surface area contributed by atoms with Crippen LogP contribution in [0.1, 0.15) is 39.5 Å². The highest BCUT2D eigenvalue weighted by atomic mass is 15.2. The van der Waals surface area contributed by atoms with Crippen LogP contribution in [-0.2, 0) is 0 Å². The normalized spacial score (nSPS) is 47.1. The Labute approximate surface area is 99.8 Å². The molecule has 0 aromatic rings. The summed E-state index contributed by atoms with van der Waals surface area (Å²) < 4.78 is 0. The van der Waals surface area contributed by atoms with Gasteiger partial charge in [-0.05, 0) is 56.5 Å². The van der Waals surface area contributed by atoms with Crippen LogP contribution in [0, 0.1) is 17.8 Å². The fourth-order valence-electron chi connectivity index (χ4n) is 3.80. The van der Waals surface area contributed by atoms with E-state index in [1.54, 1.807) is 0 Å². The van der Waals surface area contributed by atoms with E-state index in [-0.39, 0.29) is 0 Å². The van der Waals surface area contributed by atoms with Crippen molar-refractivity contribution in [3.05, 3.63) is 0 Å². The van der Waals surface area contributed by atoms with Crippen molar-refractivity contribution in [1.82, 2.24) is 10.2 Å². The Hall–Kier alpha value is -0.0800. The van der Waals surface area contributed by atoms with E-state index >= 15 is 0 Å². The first-order chi connectivity index (χ1) is 7.72. The van der Waals surface area contributed by atoms with Crippen molar-refractivity contribution in [3.8, 4) is 0 Å². The fourth-order valence-corrected chi connectivity index (χ4v) is 3.80. The molecule has 92 valence electrons. The highest BCUT2D eigenvalue weighted by molar-refractivity contribution is 4.95. The molecule has 0 aromatic carbocycles. The number of nitrogens with one attached hydrogen (secondary N) is 1. The van der Waals surface area contributed by atoms with Gasteiger partial charge < -0.3 is 10.2 Å². The molecule has 1 aliphatic carbocycles. The van der Waals surface area contributed by atoms with Gasteiger partial charge >= 0.3 is 0 Å². The van der Waals surface area contributed by atoms with Crippen LogP contribution in [0.5, 0.6) is 0 Å². The van der Waals surface area contributed by atoms with Crippen molar-refractivity contribution in [3.63, 3.8) is 0 Å². The van der Waals surface area contributed by atoms with Crippen LogP contribution in [0.3, 0.4) is 0 Å². The topological polar surface area (TPSA) is 15.3 Å². The Morgan fingerprint density at radius 1 is 1.12 bits per heavy atom. The molecule has 4 aliphatic rings. The first kappa shape index (κ1) is 11.0. The van der Waals surface area contributed by atoms with Crippen molar-refractivity contribution in [2.24, 2.45) is 17.8 Å². The van der Waals surface area contributed by atoms with Gasteiger partial charge in [-0.3, -0.25) is 0 Å². The molecule has 4 fully saturated rings. The van der Waals surface area contributed by atoms with E-state index < -0.39 is 0 Å². The van der Waals surface area contributed by atoms with E-state index in [9.17, 15) is 0 Å². The Morgan fingerprint density at radius 3 is 2.31 bits per heavy atom. The second-order valence-corrected chi connectivity index (χ2v) is 6.58. The third kappa shape index (κ3) is 2.02. The maximum Gasteiger partial charge on any atom is 0.0226 e. The molecule has 2 bridgehead atoms. The van der Waals surface area contributed by atoms with E-state index in [1.165, 1.54) is 45.3 Å². The molecule has 1 N–H and O–H groups in total. The van der Waals surface area contributed by atoms with Gasteiger partial charge in [-0.1, -0.05) is 13.8 Å². The fraction of sp³-hybridized carbons (Fsp3) is 1.00. The molecule has 0 radical (unpaired) electrons. The lowest BCUT2D eigenvalue weighted by Gasteiger charge is -2.49. The molecule has 0 spiro atoms. The first-order valence-corrected chi connectivity index (χ1v) is 7.21. The van der Waals surface area contributed by atoms with Crippen molar-refractivity contribution >= 4 is 0 Å². The second-order valence-electron chi connectivity index (χ2n) is 6.58. The van der Waals surface area contributed by atoms with Crippen LogP contribution in [0.25, 0.3) is 0 Å². The highest BCUT2D eigenvalue weighted by Gasteiger charge is 2.38. The summed E-state index contributed by atoms with van der Waals surface area (Å²) in [5.41, 5.74) is 0. The van der Waals surface area contributed by atoms with Crippen LogP contribution in [-0.4, -0.2) is 36.6 Å². The zero-order valence-corrected chi connectivity index (χ0v) is 10.8. The molecular formula is C14H26N2. The molecule has 3 aliphatic heterocycles. The van der Waals surface area contributed by atoms with Gasteiger partial charge in [-0.2, -0.15) is 0 Å². The van der Waals surface area contributed by atoms with Gasteiger partial charge in [0.2, 0.25) is 0 Å². The van der Waals surface area contributed by atoms with E-state index in [0.29, 0.717) is 0 Å². The molecule has 3 saturated heterocycles. The molecule has 0 aromatic heterocycles. The molecule has 4 rings (SSSR count). The van der Waals surface area contributed by atoms with Gasteiger partial charge in [0.15, 0.2) is 0 Å². The average Bonchev–Trinajstić information content (AvgIpc) is 2.24. The van der Waals surface area contributed by atoms with Crippen LogP contribution in [0.15, 0.2) is 0 Å². The predicted octanol–water partition coefficient (Wildman–Crippen LogP) is 2.10. The van der Waals surface area contributed by atoms with Gasteiger partial charge in [0.05, 0.1) is 0 Å². The van der Waals surface area contributed by atoms with Crippen LogP contribution >= 0.6 is 0 Å². The smallest absolute Gasteiger partial charge is 0.0226 e. The van der Waals surface area contributed by atoms with Crippen LogP contribution < -0.4 is 5.32 Å². The molecule has 3 heterocycles. The molecule has 1 atom stereocenters. The minimum Gasteiger partial charge on any atom is -0.310 e. The Bertz CT molecular complexity index is 237. The summed E-state index contributed by atoms with van der Waals surface area (Å²) in [7, 11) is 0. The molecule has 16 heavy (non-hydrogen) atoms. The number of fused-ring (bicyclic) bond motifs is 3. The van der Waals surface area contributed by atoms with E-state index in [1.807, 2.05) is 0 Å². The summed E-state index contributed by atoms with van der Waals surface area (Å²) in [6.45, 7) is 8.79. The number of nitrogens with zero attached hydrogens (tertiary/aromatic N) is 1. The lowest BCUT2D eigenvalue weighted by molar-refractivity contribution is 0.0486. The standard InChI is InChI=1S/C14H26N2/c1-10(2)12-7-13(8-12)15-14-9-16-5-3-11(14)4-6-16/h10-15H,3-9H2,1-2H3. The van der Waals surface area contributed by atoms with Crippen molar-refractivity contribution in [1.29, 1.82) is 0 Å². The maximum absolute atomic E-state index is 3.93. The monoisotopic (exact) mass is 222 g/mol. The molecule has 0 amide bonds. The Kier molecular flexibility index (Phi) is 2.97. The molecule has 1 unspecified atom stereocenters. The molecule has 2 heteroatoms. The summed E-state index contributed by atoms with van der Waals surface area (Å²) in [6, 6.07) is 1.67. The number of rotatable bonds is 3. The Balaban J connectivity index is 1.46. The summed E-state index contributed by atoms with van der Waals surface area (Å²) in [5, 5.41) is 3.93. The zero-order chi connectivity index (χ0) is 11.1. The minimum absolute atomic E-state index is 0.820. The van der Waals surface area contributed by atoms with Crippen molar-refractivity contribution in [2.45, 2.75) is 51.6 Å². The van der Waals surface area contributed by atoms with E-state index in [0.717, 1.165) is 29.8 Å². The van der Waals surface area contributed by atoms with Gasteiger partial charge in [0, 0.05) is 18.6 Å². The lowest BCUT2D eigenvalue weighted by Crippen LogP contribution is -2.60. The quantitative estimate of drug-likeness (QED) is 0.787. The van der Waals surface area contributed by atoms with Crippen LogP contribution in [0.2, 0.25) is 0 Å². The number of hydrogen-bond donors (Lipinski definition) is 1. The van der Waals surface area contributed by atoms with Gasteiger partial charge in [-0.15, -0.1) is 0 Å². The van der Waals surface area contributed by atoms with E-state index in [4.69, 9.17) is 0 Å². The zero-order valence-electron chi connectivity index (χ0n) is 10.8. The second kappa shape index (κ2) is 4.30. The SMILES string of the molecule is CC(C)C1CC(NC2CN3CCC2CC3)C1. The number of piperidine rings is 3. The van der Waals surface area contributed by atoms with Crippen molar-refractivity contribution in [2.75, 3.05) is 19.6 Å². The van der Waals surface area contributed by atoms with Gasteiger partial charge in [0.1, 0.15) is 0 Å². The largest absolute Gasteiger partial charge is 0.310 e. The number of hydrogen-bond acceptors (Lipinski definition) is 2. The average molecular weight is 222 g/mol. The predicted molar refractivity (Wildman–Crippen MR) is 67.4 cm³/mol. The summed E-state index contributed by atoms with van der Waals surface area (Å²) in [5.74, 6) is 2.88. The summed E-state index contributed by atoms with van der Waals surface area (Å²) in [6.07, 6.45) is 5.75. The molecule has 2 nitrogen and oxygen atoms in total. The Morgan fingerprint density at radius 2 is 1.81 bits per heavy atom. The molecular weight excluding hydrogens is 196 g/mol. The van der Waals surface area contributed by atoms with Gasteiger partial charge in [-0.25, -0.2) is 0 Å². The minimum atomic E-state index is 0.820. The van der Waals surface area contributed by atoms with E-state index in [2.05, 4.69) is 24.1 Å². The lowest BCUT2D eigenvalue weighted by atomic mass is 9.72.